The van der Waals surface area contributed by atoms with E-state index in [-0.39, 0.29) is 18.2 Å². The van der Waals surface area contributed by atoms with Gasteiger partial charge in [-0.3, -0.25) is 4.79 Å². The molecule has 3 rings (SSSR count). The molecule has 2 N–H and O–H groups in total. The lowest BCUT2D eigenvalue weighted by molar-refractivity contribution is 0.0929. The minimum Gasteiger partial charge on any atom is -0.422 e. The van der Waals surface area contributed by atoms with Crippen molar-refractivity contribution in [2.24, 2.45) is 0 Å². The van der Waals surface area contributed by atoms with Gasteiger partial charge < -0.3 is 14.8 Å². The summed E-state index contributed by atoms with van der Waals surface area (Å²) in [7, 11) is 0. The van der Waals surface area contributed by atoms with E-state index in [2.05, 4.69) is 5.32 Å². The van der Waals surface area contributed by atoms with E-state index < -0.39 is 11.5 Å². The maximum Gasteiger partial charge on any atom is 0.349 e. The average molecular weight is 337 g/mol. The van der Waals surface area contributed by atoms with E-state index in [9.17, 15) is 9.59 Å². The second kappa shape index (κ2) is 7.77. The van der Waals surface area contributed by atoms with Crippen molar-refractivity contribution in [3.05, 3.63) is 82.2 Å². The van der Waals surface area contributed by atoms with Crippen LogP contribution in [0.4, 0.5) is 0 Å². The summed E-state index contributed by atoms with van der Waals surface area (Å²) < 4.78 is 5.23. The van der Waals surface area contributed by atoms with Gasteiger partial charge in [0.25, 0.3) is 5.91 Å². The van der Waals surface area contributed by atoms with E-state index in [0.717, 1.165) is 5.56 Å². The van der Waals surface area contributed by atoms with Crippen LogP contribution in [0.3, 0.4) is 0 Å². The van der Waals surface area contributed by atoms with Gasteiger partial charge >= 0.3 is 5.63 Å². The van der Waals surface area contributed by atoms with Crippen LogP contribution in [-0.2, 0) is 0 Å². The second-order valence-corrected chi connectivity index (χ2v) is 5.79. The molecule has 1 heterocycles. The number of benzene rings is 2. The number of hydrogen-bond donors (Lipinski definition) is 2. The minimum absolute atomic E-state index is 0.0244. The molecule has 25 heavy (non-hydrogen) atoms. The quantitative estimate of drug-likeness (QED) is 0.678. The van der Waals surface area contributed by atoms with Crippen LogP contribution in [0.15, 0.2) is 69.9 Å². The number of rotatable bonds is 6. The summed E-state index contributed by atoms with van der Waals surface area (Å²) in [5, 5.41) is 12.7. The number of aliphatic hydroxyl groups is 1. The first-order valence-corrected chi connectivity index (χ1v) is 8.18. The molecule has 0 fully saturated rings. The van der Waals surface area contributed by atoms with Crippen molar-refractivity contribution in [1.82, 2.24) is 5.32 Å². The molecule has 0 saturated heterocycles. The van der Waals surface area contributed by atoms with Gasteiger partial charge in [0.2, 0.25) is 0 Å². The van der Waals surface area contributed by atoms with Gasteiger partial charge in [-0.2, -0.15) is 0 Å². The maximum absolute atomic E-state index is 12.6. The van der Waals surface area contributed by atoms with E-state index >= 15 is 0 Å². The summed E-state index contributed by atoms with van der Waals surface area (Å²) in [5.41, 5.74) is 0.687. The first-order valence-electron chi connectivity index (χ1n) is 8.18. The summed E-state index contributed by atoms with van der Waals surface area (Å²) in [4.78, 5) is 24.8. The highest BCUT2D eigenvalue weighted by Crippen LogP contribution is 2.19. The molecule has 0 bridgehead atoms. The van der Waals surface area contributed by atoms with Gasteiger partial charge in [0.15, 0.2) is 0 Å². The Hall–Kier alpha value is -2.92. The molecule has 0 spiro atoms. The summed E-state index contributed by atoms with van der Waals surface area (Å²) in [6.07, 6.45) is 1.12. The predicted molar refractivity (Wildman–Crippen MR) is 95.5 cm³/mol. The number of carbonyl (C=O) groups excluding carboxylic acids is 1. The molecule has 0 aliphatic carbocycles. The Balaban J connectivity index is 1.88. The normalized spacial score (nSPS) is 12.0. The minimum atomic E-state index is -0.662. The number of nitrogens with one attached hydrogen (secondary N) is 1. The topological polar surface area (TPSA) is 79.5 Å². The highest BCUT2D eigenvalue weighted by atomic mass is 16.4. The van der Waals surface area contributed by atoms with Gasteiger partial charge in [0.05, 0.1) is 6.04 Å². The fraction of sp³-hybridized carbons (Fsp3) is 0.200. The number of hydrogen-bond acceptors (Lipinski definition) is 4. The van der Waals surface area contributed by atoms with Crippen LogP contribution in [0.5, 0.6) is 0 Å². The molecule has 2 aromatic carbocycles. The van der Waals surface area contributed by atoms with E-state index in [1.165, 1.54) is 0 Å². The lowest BCUT2D eigenvalue weighted by Crippen LogP contribution is -2.32. The molecule has 1 aromatic heterocycles. The Labute approximate surface area is 144 Å². The average Bonchev–Trinajstić information content (AvgIpc) is 2.65. The van der Waals surface area contributed by atoms with Crippen molar-refractivity contribution in [2.45, 2.75) is 18.9 Å². The zero-order chi connectivity index (χ0) is 17.6. The van der Waals surface area contributed by atoms with Gasteiger partial charge in [-0.1, -0.05) is 48.5 Å². The fourth-order valence-corrected chi connectivity index (χ4v) is 2.76. The van der Waals surface area contributed by atoms with Crippen molar-refractivity contribution in [3.63, 3.8) is 0 Å². The van der Waals surface area contributed by atoms with Crippen LogP contribution in [0.25, 0.3) is 11.0 Å². The Morgan fingerprint density at radius 3 is 2.56 bits per heavy atom. The van der Waals surface area contributed by atoms with Crippen molar-refractivity contribution in [3.8, 4) is 0 Å². The molecule has 1 atom stereocenters. The molecular formula is C20H19NO4. The van der Waals surface area contributed by atoms with Crippen LogP contribution < -0.4 is 10.9 Å². The van der Waals surface area contributed by atoms with Crippen molar-refractivity contribution >= 4 is 16.9 Å². The largest absolute Gasteiger partial charge is 0.422 e. The predicted octanol–water partition coefficient (Wildman–Crippen LogP) is 3.04. The summed E-state index contributed by atoms with van der Waals surface area (Å²) in [6, 6.07) is 17.8. The van der Waals surface area contributed by atoms with E-state index in [1.807, 2.05) is 36.4 Å². The van der Waals surface area contributed by atoms with Crippen molar-refractivity contribution in [2.75, 3.05) is 6.61 Å². The summed E-state index contributed by atoms with van der Waals surface area (Å²) in [5.74, 6) is -0.480. The molecule has 5 heteroatoms. The SMILES string of the molecule is O=C(NC(CCCO)c1ccccc1)c1cc2ccccc2oc1=O. The number of fused-ring (bicyclic) bond motifs is 1. The highest BCUT2D eigenvalue weighted by molar-refractivity contribution is 5.96. The Morgan fingerprint density at radius 2 is 1.80 bits per heavy atom. The van der Waals surface area contributed by atoms with Gasteiger partial charge in [-0.25, -0.2) is 4.79 Å². The van der Waals surface area contributed by atoms with Gasteiger partial charge in [-0.05, 0) is 30.5 Å². The van der Waals surface area contributed by atoms with Gasteiger partial charge in [0.1, 0.15) is 11.1 Å². The molecule has 0 aliphatic rings. The molecule has 0 aliphatic heterocycles. The van der Waals surface area contributed by atoms with E-state index in [0.29, 0.717) is 23.8 Å². The van der Waals surface area contributed by atoms with Crippen LogP contribution in [0.1, 0.15) is 34.8 Å². The third-order valence-electron chi connectivity index (χ3n) is 4.04. The molecule has 0 saturated carbocycles. The molecular weight excluding hydrogens is 318 g/mol. The molecule has 5 nitrogen and oxygen atoms in total. The second-order valence-electron chi connectivity index (χ2n) is 5.79. The summed E-state index contributed by atoms with van der Waals surface area (Å²) >= 11 is 0. The monoisotopic (exact) mass is 337 g/mol. The van der Waals surface area contributed by atoms with Crippen molar-refractivity contribution in [1.29, 1.82) is 0 Å². The first kappa shape index (κ1) is 16.9. The molecule has 3 aromatic rings. The Morgan fingerprint density at radius 1 is 1.08 bits per heavy atom. The number of aliphatic hydroxyl groups excluding tert-OH is 1. The van der Waals surface area contributed by atoms with E-state index in [1.54, 1.807) is 24.3 Å². The smallest absolute Gasteiger partial charge is 0.349 e. The fourth-order valence-electron chi connectivity index (χ4n) is 2.76. The third-order valence-corrected chi connectivity index (χ3v) is 4.04. The van der Waals surface area contributed by atoms with Crippen molar-refractivity contribution < 1.29 is 14.3 Å². The Kier molecular flexibility index (Phi) is 5.26. The van der Waals surface area contributed by atoms with Crippen LogP contribution in [0.2, 0.25) is 0 Å². The lowest BCUT2D eigenvalue weighted by atomic mass is 10.0. The summed E-state index contributed by atoms with van der Waals surface area (Å²) in [6.45, 7) is 0.0390. The Bertz CT molecular complexity index is 918. The number of carbonyl (C=O) groups is 1. The zero-order valence-corrected chi connectivity index (χ0v) is 13.6. The first-order chi connectivity index (χ1) is 12.2. The van der Waals surface area contributed by atoms with Crippen LogP contribution in [-0.4, -0.2) is 17.6 Å². The lowest BCUT2D eigenvalue weighted by Gasteiger charge is -2.18. The maximum atomic E-state index is 12.6. The number of para-hydroxylation sites is 1. The molecule has 1 amide bonds. The highest BCUT2D eigenvalue weighted by Gasteiger charge is 2.19. The van der Waals surface area contributed by atoms with Gasteiger partial charge in [-0.15, -0.1) is 0 Å². The number of amides is 1. The van der Waals surface area contributed by atoms with Crippen LogP contribution >= 0.6 is 0 Å². The van der Waals surface area contributed by atoms with Crippen LogP contribution in [0, 0.1) is 0 Å². The molecule has 0 radical (unpaired) electrons. The zero-order valence-electron chi connectivity index (χ0n) is 13.6. The van der Waals surface area contributed by atoms with Gasteiger partial charge in [0, 0.05) is 12.0 Å². The third kappa shape index (κ3) is 3.95. The standard InChI is InChI=1S/C20H19NO4/c22-12-6-10-17(14-7-2-1-3-8-14)21-19(23)16-13-15-9-4-5-11-18(15)25-20(16)24/h1-5,7-9,11,13,17,22H,6,10,12H2,(H,21,23). The molecule has 1 unspecified atom stereocenters. The molecule has 128 valence electrons. The van der Waals surface area contributed by atoms with E-state index in [4.69, 9.17) is 9.52 Å².